The highest BCUT2D eigenvalue weighted by Crippen LogP contribution is 2.26. The molecule has 1 aliphatic rings. The predicted molar refractivity (Wildman–Crippen MR) is 95.3 cm³/mol. The van der Waals surface area contributed by atoms with E-state index in [1.54, 1.807) is 12.1 Å². The highest BCUT2D eigenvalue weighted by atomic mass is 19.1. The van der Waals surface area contributed by atoms with Crippen molar-refractivity contribution in [1.82, 2.24) is 4.90 Å². The van der Waals surface area contributed by atoms with Crippen molar-refractivity contribution in [3.05, 3.63) is 64.6 Å². The molecule has 7 heteroatoms. The number of halogens is 1. The number of likely N-dealkylation sites (N-methyl/N-ethyl adjacent to an activating group) is 1. The normalized spacial score (nSPS) is 14.4. The van der Waals surface area contributed by atoms with Gasteiger partial charge in [0.15, 0.2) is 11.5 Å². The topological polar surface area (TPSA) is 80.0 Å². The third-order valence-corrected chi connectivity index (χ3v) is 4.15. The van der Waals surface area contributed by atoms with Gasteiger partial charge in [-0.1, -0.05) is 6.07 Å². The second-order valence-corrected chi connectivity index (χ2v) is 6.68. The van der Waals surface area contributed by atoms with Gasteiger partial charge in [0.05, 0.1) is 18.2 Å². The molecule has 0 bridgehead atoms. The van der Waals surface area contributed by atoms with Crippen LogP contribution in [0.25, 0.3) is 0 Å². The second kappa shape index (κ2) is 7.26. The van der Waals surface area contributed by atoms with E-state index in [4.69, 9.17) is 9.15 Å². The first kappa shape index (κ1) is 18.7. The summed E-state index contributed by atoms with van der Waals surface area (Å²) in [5.41, 5.74) is 0.727. The number of hydrogen-bond donors (Lipinski definition) is 1. The molecule has 2 aromatic rings. The van der Waals surface area contributed by atoms with Gasteiger partial charge in [-0.25, -0.2) is 4.39 Å². The second-order valence-electron chi connectivity index (χ2n) is 6.68. The highest BCUT2D eigenvalue weighted by molar-refractivity contribution is 6.14. The molecular weight excluding hydrogens is 353 g/mol. The quantitative estimate of drug-likeness (QED) is 0.786. The average molecular weight is 373 g/mol. The number of amides is 1. The number of aliphatic hydroxyl groups is 1. The number of furan rings is 1. The molecule has 142 valence electrons. The molecule has 1 aliphatic heterocycles. The zero-order valence-electron chi connectivity index (χ0n) is 15.3. The van der Waals surface area contributed by atoms with E-state index in [2.05, 4.69) is 0 Å². The number of nitrogens with zero attached hydrogens (tertiary/aromatic N) is 1. The maximum atomic E-state index is 13.5. The third-order valence-electron chi connectivity index (χ3n) is 4.15. The summed E-state index contributed by atoms with van der Waals surface area (Å²) in [5, 5.41) is 9.82. The van der Waals surface area contributed by atoms with Gasteiger partial charge in [-0.3, -0.25) is 9.59 Å². The summed E-state index contributed by atoms with van der Waals surface area (Å²) in [4.78, 5) is 25.4. The van der Waals surface area contributed by atoms with Crippen molar-refractivity contribution < 1.29 is 28.2 Å². The SMILES string of the molecule is CC(C)Oc1cc(F)ccc1Cc1ccc(C(=O)C2=C(O)C(=O)N(C)C2)o1. The maximum Gasteiger partial charge on any atom is 0.289 e. The molecule has 1 N–H and O–H groups in total. The lowest BCUT2D eigenvalue weighted by atomic mass is 10.1. The fourth-order valence-corrected chi connectivity index (χ4v) is 2.84. The van der Waals surface area contributed by atoms with E-state index >= 15 is 0 Å². The van der Waals surface area contributed by atoms with Gasteiger partial charge in [0, 0.05) is 25.1 Å². The smallest absolute Gasteiger partial charge is 0.289 e. The molecule has 1 aromatic carbocycles. The number of ketones is 1. The Morgan fingerprint density at radius 3 is 2.70 bits per heavy atom. The molecule has 3 rings (SSSR count). The first-order valence-electron chi connectivity index (χ1n) is 8.52. The zero-order valence-corrected chi connectivity index (χ0v) is 15.3. The first-order chi connectivity index (χ1) is 12.8. The van der Waals surface area contributed by atoms with Crippen LogP contribution >= 0.6 is 0 Å². The first-order valence-corrected chi connectivity index (χ1v) is 8.52. The number of hydrogen-bond acceptors (Lipinski definition) is 5. The minimum atomic E-state index is -0.591. The van der Waals surface area contributed by atoms with Crippen LogP contribution < -0.4 is 4.74 Å². The van der Waals surface area contributed by atoms with Gasteiger partial charge >= 0.3 is 0 Å². The van der Waals surface area contributed by atoms with E-state index in [0.29, 0.717) is 17.9 Å². The van der Waals surface area contributed by atoms with Crippen LogP contribution in [0.4, 0.5) is 4.39 Å². The number of aliphatic hydroxyl groups excluding tert-OH is 1. The van der Waals surface area contributed by atoms with Crippen LogP contribution in [-0.4, -0.2) is 41.4 Å². The van der Waals surface area contributed by atoms with E-state index in [-0.39, 0.29) is 24.0 Å². The van der Waals surface area contributed by atoms with Crippen molar-refractivity contribution >= 4 is 11.7 Å². The van der Waals surface area contributed by atoms with Crippen molar-refractivity contribution in [3.63, 3.8) is 0 Å². The van der Waals surface area contributed by atoms with Crippen LogP contribution in [0.5, 0.6) is 5.75 Å². The molecule has 0 atom stereocenters. The summed E-state index contributed by atoms with van der Waals surface area (Å²) in [6, 6.07) is 7.38. The van der Waals surface area contributed by atoms with Gasteiger partial charge in [0.2, 0.25) is 5.78 Å². The molecule has 0 aliphatic carbocycles. The van der Waals surface area contributed by atoms with E-state index < -0.39 is 23.3 Å². The van der Waals surface area contributed by atoms with Gasteiger partial charge in [-0.2, -0.15) is 0 Å². The summed E-state index contributed by atoms with van der Waals surface area (Å²) < 4.78 is 24.7. The third kappa shape index (κ3) is 3.86. The van der Waals surface area contributed by atoms with Crippen LogP contribution in [0, 0.1) is 5.82 Å². The monoisotopic (exact) mass is 373 g/mol. The lowest BCUT2D eigenvalue weighted by Gasteiger charge is -2.13. The molecule has 1 aromatic heterocycles. The van der Waals surface area contributed by atoms with Crippen molar-refractivity contribution in [2.45, 2.75) is 26.4 Å². The van der Waals surface area contributed by atoms with Gasteiger partial charge in [0.25, 0.3) is 5.91 Å². The predicted octanol–water partition coefficient (Wildman–Crippen LogP) is 3.26. The Morgan fingerprint density at radius 2 is 2.07 bits per heavy atom. The van der Waals surface area contributed by atoms with Gasteiger partial charge in [-0.05, 0) is 32.0 Å². The number of carbonyl (C=O) groups is 2. The molecule has 6 nitrogen and oxygen atoms in total. The molecule has 0 saturated carbocycles. The van der Waals surface area contributed by atoms with Crippen molar-refractivity contribution in [2.24, 2.45) is 0 Å². The van der Waals surface area contributed by atoms with E-state index in [1.807, 2.05) is 13.8 Å². The summed E-state index contributed by atoms with van der Waals surface area (Å²) in [5.74, 6) is -1.15. The zero-order chi connectivity index (χ0) is 19.7. The largest absolute Gasteiger partial charge is 0.503 e. The highest BCUT2D eigenvalue weighted by Gasteiger charge is 2.33. The molecule has 0 spiro atoms. The Labute approximate surface area is 155 Å². The standard InChI is InChI=1S/C20H20FNO5/c1-11(2)26-17-9-13(21)5-4-12(17)8-14-6-7-16(27-14)18(23)15-10-22(3)20(25)19(15)24/h4-7,9,11,24H,8,10H2,1-3H3. The Kier molecular flexibility index (Phi) is 5.03. The molecular formula is C20H20FNO5. The van der Waals surface area contributed by atoms with Crippen LogP contribution in [0.2, 0.25) is 0 Å². The molecule has 27 heavy (non-hydrogen) atoms. The Balaban J connectivity index is 1.81. The summed E-state index contributed by atoms with van der Waals surface area (Å²) in [6.45, 7) is 3.72. The van der Waals surface area contributed by atoms with Crippen molar-refractivity contribution in [1.29, 1.82) is 0 Å². The molecule has 2 heterocycles. The summed E-state index contributed by atoms with van der Waals surface area (Å²) in [7, 11) is 1.50. The van der Waals surface area contributed by atoms with Crippen LogP contribution in [0.15, 0.2) is 46.1 Å². The van der Waals surface area contributed by atoms with Crippen molar-refractivity contribution in [3.8, 4) is 5.75 Å². The summed E-state index contributed by atoms with van der Waals surface area (Å²) in [6.07, 6.45) is 0.186. The number of rotatable bonds is 6. The number of benzene rings is 1. The van der Waals surface area contributed by atoms with E-state index in [0.717, 1.165) is 5.56 Å². The van der Waals surface area contributed by atoms with Crippen LogP contribution in [0.1, 0.15) is 35.7 Å². The number of carbonyl (C=O) groups excluding carboxylic acids is 2. The fraction of sp³-hybridized carbons (Fsp3) is 0.300. The Hall–Kier alpha value is -3.09. The van der Waals surface area contributed by atoms with Gasteiger partial charge in [0.1, 0.15) is 17.3 Å². The number of ether oxygens (including phenoxy) is 1. The molecule has 0 radical (unpaired) electrons. The minimum absolute atomic E-state index is 0.00834. The molecule has 0 fully saturated rings. The molecule has 0 unspecified atom stereocenters. The van der Waals surface area contributed by atoms with Gasteiger partial charge in [-0.15, -0.1) is 0 Å². The fourth-order valence-electron chi connectivity index (χ4n) is 2.84. The maximum absolute atomic E-state index is 13.5. The minimum Gasteiger partial charge on any atom is -0.503 e. The number of Topliss-reactive ketones (excluding diaryl/α,β-unsaturated/α-hetero) is 1. The molecule has 0 saturated heterocycles. The average Bonchev–Trinajstić information content (AvgIpc) is 3.17. The lowest BCUT2D eigenvalue weighted by Crippen LogP contribution is -2.22. The van der Waals surface area contributed by atoms with Gasteiger partial charge < -0.3 is 19.2 Å². The Morgan fingerprint density at radius 1 is 1.33 bits per heavy atom. The van der Waals surface area contributed by atoms with Crippen LogP contribution in [-0.2, 0) is 11.2 Å². The lowest BCUT2D eigenvalue weighted by molar-refractivity contribution is -0.126. The Bertz CT molecular complexity index is 928. The summed E-state index contributed by atoms with van der Waals surface area (Å²) >= 11 is 0. The molecule has 1 amide bonds. The van der Waals surface area contributed by atoms with Crippen LogP contribution in [0.3, 0.4) is 0 Å². The van der Waals surface area contributed by atoms with Crippen molar-refractivity contribution in [2.75, 3.05) is 13.6 Å². The van der Waals surface area contributed by atoms with E-state index in [1.165, 1.54) is 30.1 Å². The van der Waals surface area contributed by atoms with E-state index in [9.17, 15) is 19.1 Å².